The average molecular weight is 201 g/mol. The number of ether oxygens (including phenoxy) is 1. The average Bonchev–Trinajstić information content (AvgIpc) is 2.63. The molecule has 2 aliphatic rings. The third kappa shape index (κ3) is 2.06. The number of carbonyl (C=O) groups excluding carboxylic acids is 1. The third-order valence-corrected chi connectivity index (χ3v) is 3.76. The van der Waals surface area contributed by atoms with Crippen molar-refractivity contribution >= 4 is 16.9 Å². The van der Waals surface area contributed by atoms with E-state index in [2.05, 4.69) is 5.32 Å². The molecule has 2 saturated heterocycles. The van der Waals surface area contributed by atoms with Crippen molar-refractivity contribution in [1.29, 1.82) is 0 Å². The second-order valence-corrected chi connectivity index (χ2v) is 5.38. The number of thioether (sulfide) groups is 1. The van der Waals surface area contributed by atoms with Gasteiger partial charge >= 0.3 is 0 Å². The van der Waals surface area contributed by atoms with Crippen LogP contribution in [0.1, 0.15) is 19.8 Å². The summed E-state index contributed by atoms with van der Waals surface area (Å²) in [6.07, 6.45) is 2.18. The molecule has 0 aromatic carbocycles. The lowest BCUT2D eigenvalue weighted by Crippen LogP contribution is -2.39. The Morgan fingerprint density at radius 1 is 1.69 bits per heavy atom. The molecule has 2 heterocycles. The largest absolute Gasteiger partial charge is 0.379 e. The van der Waals surface area contributed by atoms with Crippen molar-refractivity contribution in [1.82, 2.24) is 5.32 Å². The minimum atomic E-state index is 0.202. The normalized spacial score (nSPS) is 38.7. The van der Waals surface area contributed by atoms with Crippen molar-refractivity contribution in [2.24, 2.45) is 0 Å². The van der Waals surface area contributed by atoms with Gasteiger partial charge in [0.1, 0.15) is 0 Å². The Morgan fingerprint density at radius 3 is 3.15 bits per heavy atom. The van der Waals surface area contributed by atoms with Crippen LogP contribution < -0.4 is 5.32 Å². The van der Waals surface area contributed by atoms with Crippen molar-refractivity contribution in [3.05, 3.63) is 0 Å². The molecule has 2 unspecified atom stereocenters. The molecule has 0 saturated carbocycles. The second kappa shape index (κ2) is 3.59. The zero-order valence-corrected chi connectivity index (χ0v) is 8.65. The maximum Gasteiger partial charge on any atom is 0.186 e. The molecule has 13 heavy (non-hydrogen) atoms. The minimum absolute atomic E-state index is 0.202. The smallest absolute Gasteiger partial charge is 0.186 e. The van der Waals surface area contributed by atoms with Crippen molar-refractivity contribution in [3.8, 4) is 0 Å². The summed E-state index contributed by atoms with van der Waals surface area (Å²) >= 11 is 1.47. The number of hydrogen-bond donors (Lipinski definition) is 1. The Bertz CT molecular complexity index is 214. The van der Waals surface area contributed by atoms with E-state index in [-0.39, 0.29) is 10.7 Å². The van der Waals surface area contributed by atoms with E-state index in [0.717, 1.165) is 32.6 Å². The molecule has 2 aliphatic heterocycles. The number of hydrogen-bond acceptors (Lipinski definition) is 4. The van der Waals surface area contributed by atoms with Gasteiger partial charge in [-0.15, -0.1) is 0 Å². The minimum Gasteiger partial charge on any atom is -0.379 e. The van der Waals surface area contributed by atoms with Gasteiger partial charge in [0, 0.05) is 30.9 Å². The van der Waals surface area contributed by atoms with Gasteiger partial charge in [-0.3, -0.25) is 4.79 Å². The third-order valence-electron chi connectivity index (χ3n) is 2.76. The Hall–Kier alpha value is -0.0600. The Balaban J connectivity index is 1.89. The van der Waals surface area contributed by atoms with Crippen LogP contribution in [0, 0.1) is 0 Å². The Kier molecular flexibility index (Phi) is 2.62. The first kappa shape index (κ1) is 9.49. The second-order valence-electron chi connectivity index (χ2n) is 3.90. The predicted octanol–water partition coefficient (Wildman–Crippen LogP) is 0.787. The highest BCUT2D eigenvalue weighted by Gasteiger charge is 2.42. The van der Waals surface area contributed by atoms with E-state index in [0.29, 0.717) is 5.25 Å². The van der Waals surface area contributed by atoms with Gasteiger partial charge in [0.05, 0.1) is 6.61 Å². The van der Waals surface area contributed by atoms with Gasteiger partial charge in [0.15, 0.2) is 5.12 Å². The number of nitrogens with one attached hydrogen (secondary N) is 1. The molecule has 0 bridgehead atoms. The van der Waals surface area contributed by atoms with E-state index in [9.17, 15) is 4.79 Å². The van der Waals surface area contributed by atoms with Crippen LogP contribution in [-0.4, -0.2) is 35.7 Å². The Labute approximate surface area is 82.6 Å². The molecule has 74 valence electrons. The maximum atomic E-state index is 10.9. The number of carbonyl (C=O) groups is 1. The van der Waals surface area contributed by atoms with Crippen LogP contribution in [0.4, 0.5) is 0 Å². The summed E-state index contributed by atoms with van der Waals surface area (Å²) in [5.41, 5.74) is 0.202. The van der Waals surface area contributed by atoms with Crippen molar-refractivity contribution in [3.63, 3.8) is 0 Å². The first-order valence-electron chi connectivity index (χ1n) is 4.70. The van der Waals surface area contributed by atoms with Crippen molar-refractivity contribution < 1.29 is 9.53 Å². The highest BCUT2D eigenvalue weighted by Crippen LogP contribution is 2.33. The van der Waals surface area contributed by atoms with E-state index in [1.807, 2.05) is 0 Å². The molecule has 2 fully saturated rings. The predicted molar refractivity (Wildman–Crippen MR) is 52.8 cm³/mol. The molecule has 1 spiro atoms. The van der Waals surface area contributed by atoms with E-state index < -0.39 is 0 Å². The summed E-state index contributed by atoms with van der Waals surface area (Å²) in [6, 6.07) is 0. The van der Waals surface area contributed by atoms with Gasteiger partial charge in [0.2, 0.25) is 0 Å². The maximum absolute atomic E-state index is 10.9. The van der Waals surface area contributed by atoms with Crippen LogP contribution in [0.25, 0.3) is 0 Å². The van der Waals surface area contributed by atoms with Crippen molar-refractivity contribution in [2.45, 2.75) is 30.6 Å². The molecular weight excluding hydrogens is 186 g/mol. The van der Waals surface area contributed by atoms with Crippen LogP contribution in [-0.2, 0) is 9.53 Å². The fourth-order valence-corrected chi connectivity index (χ4v) is 3.17. The van der Waals surface area contributed by atoms with E-state index in [1.165, 1.54) is 11.8 Å². The summed E-state index contributed by atoms with van der Waals surface area (Å²) in [5.74, 6) is 0. The molecule has 0 amide bonds. The molecular formula is C9H15NO2S. The SMILES string of the molecule is CC(=O)SC1CNC2(CCOC2)C1. The fourth-order valence-electron chi connectivity index (χ4n) is 2.14. The highest BCUT2D eigenvalue weighted by molar-refractivity contribution is 8.14. The van der Waals surface area contributed by atoms with E-state index in [4.69, 9.17) is 4.74 Å². The van der Waals surface area contributed by atoms with Gasteiger partial charge in [-0.1, -0.05) is 11.8 Å². The molecule has 2 atom stereocenters. The summed E-state index contributed by atoms with van der Waals surface area (Å²) in [4.78, 5) is 10.9. The standard InChI is InChI=1S/C9H15NO2S/c1-7(11)13-8-4-9(10-5-8)2-3-12-6-9/h8,10H,2-6H2,1H3. The van der Waals surface area contributed by atoms with Gasteiger partial charge in [0.25, 0.3) is 0 Å². The van der Waals surface area contributed by atoms with Crippen LogP contribution in [0.5, 0.6) is 0 Å². The molecule has 0 aromatic heterocycles. The summed E-state index contributed by atoms with van der Waals surface area (Å²) in [7, 11) is 0. The van der Waals surface area contributed by atoms with Gasteiger partial charge in [-0.25, -0.2) is 0 Å². The lowest BCUT2D eigenvalue weighted by atomic mass is 9.97. The van der Waals surface area contributed by atoms with Gasteiger partial charge < -0.3 is 10.1 Å². The van der Waals surface area contributed by atoms with E-state index >= 15 is 0 Å². The molecule has 0 aliphatic carbocycles. The Morgan fingerprint density at radius 2 is 2.54 bits per heavy atom. The van der Waals surface area contributed by atoms with Gasteiger partial charge in [-0.2, -0.15) is 0 Å². The number of rotatable bonds is 1. The molecule has 4 heteroatoms. The monoisotopic (exact) mass is 201 g/mol. The molecule has 0 aromatic rings. The van der Waals surface area contributed by atoms with Crippen LogP contribution in [0.15, 0.2) is 0 Å². The quantitative estimate of drug-likeness (QED) is 0.680. The molecule has 3 nitrogen and oxygen atoms in total. The summed E-state index contributed by atoms with van der Waals surface area (Å²) in [5, 5.41) is 4.17. The molecule has 1 N–H and O–H groups in total. The van der Waals surface area contributed by atoms with Crippen LogP contribution >= 0.6 is 11.8 Å². The molecule has 0 radical (unpaired) electrons. The zero-order chi connectivity index (χ0) is 9.31. The lowest BCUT2D eigenvalue weighted by molar-refractivity contribution is -0.109. The first-order chi connectivity index (χ1) is 6.20. The van der Waals surface area contributed by atoms with Crippen LogP contribution in [0.3, 0.4) is 0 Å². The molecule has 2 rings (SSSR count). The fraction of sp³-hybridized carbons (Fsp3) is 0.889. The summed E-state index contributed by atoms with van der Waals surface area (Å²) < 4.78 is 5.38. The summed E-state index contributed by atoms with van der Waals surface area (Å²) in [6.45, 7) is 4.28. The highest BCUT2D eigenvalue weighted by atomic mass is 32.2. The zero-order valence-electron chi connectivity index (χ0n) is 7.84. The van der Waals surface area contributed by atoms with E-state index in [1.54, 1.807) is 6.92 Å². The lowest BCUT2D eigenvalue weighted by Gasteiger charge is -2.20. The van der Waals surface area contributed by atoms with Gasteiger partial charge in [-0.05, 0) is 12.8 Å². The topological polar surface area (TPSA) is 38.3 Å². The first-order valence-corrected chi connectivity index (χ1v) is 5.58. The van der Waals surface area contributed by atoms with Crippen LogP contribution in [0.2, 0.25) is 0 Å². The van der Waals surface area contributed by atoms with Crippen molar-refractivity contribution in [2.75, 3.05) is 19.8 Å².